The van der Waals surface area contributed by atoms with Crippen LogP contribution in [0.15, 0.2) is 39.3 Å². The maximum atomic E-state index is 11.2. The van der Waals surface area contributed by atoms with Gasteiger partial charge in [0.15, 0.2) is 11.3 Å². The Morgan fingerprint density at radius 2 is 1.96 bits per heavy atom. The van der Waals surface area contributed by atoms with Crippen molar-refractivity contribution in [1.82, 2.24) is 10.1 Å². The number of para-hydroxylation sites is 1. The predicted molar refractivity (Wildman–Crippen MR) is 93.5 cm³/mol. The first-order valence-electron chi connectivity index (χ1n) is 8.42. The Hall–Kier alpha value is -1.71. The van der Waals surface area contributed by atoms with E-state index in [1.807, 2.05) is 44.2 Å². The topological polar surface area (TPSA) is 72.3 Å². The van der Waals surface area contributed by atoms with Crippen LogP contribution in [0.1, 0.15) is 57.2 Å². The van der Waals surface area contributed by atoms with Gasteiger partial charge in [-0.2, -0.15) is 4.98 Å². The van der Waals surface area contributed by atoms with Gasteiger partial charge < -0.3 is 13.8 Å². The molecule has 24 heavy (non-hydrogen) atoms. The van der Waals surface area contributed by atoms with Gasteiger partial charge in [0.2, 0.25) is 5.89 Å². The Morgan fingerprint density at radius 3 is 2.62 bits per heavy atom. The first kappa shape index (κ1) is 15.8. The molecule has 2 aromatic heterocycles. The van der Waals surface area contributed by atoms with E-state index in [0.29, 0.717) is 17.2 Å². The highest BCUT2D eigenvalue weighted by molar-refractivity contribution is 7.60. The van der Waals surface area contributed by atoms with Crippen LogP contribution in [-0.2, 0) is 5.16 Å². The van der Waals surface area contributed by atoms with E-state index in [9.17, 15) is 4.89 Å². The van der Waals surface area contributed by atoms with E-state index < -0.39 is 13.3 Å². The summed E-state index contributed by atoms with van der Waals surface area (Å²) in [4.78, 5) is 15.8. The highest BCUT2D eigenvalue weighted by Crippen LogP contribution is 2.60. The monoisotopic (exact) mass is 344 g/mol. The lowest BCUT2D eigenvalue weighted by atomic mass is 10.1. The molecule has 0 bridgehead atoms. The van der Waals surface area contributed by atoms with Gasteiger partial charge in [-0.25, -0.2) is 0 Å². The average Bonchev–Trinajstić information content (AvgIpc) is 3.31. The lowest BCUT2D eigenvalue weighted by Gasteiger charge is -2.29. The van der Waals surface area contributed by atoms with Crippen molar-refractivity contribution in [2.45, 2.75) is 50.6 Å². The van der Waals surface area contributed by atoms with Crippen LogP contribution in [0.3, 0.4) is 0 Å². The molecular weight excluding hydrogens is 323 g/mol. The fourth-order valence-electron chi connectivity index (χ4n) is 3.43. The summed E-state index contributed by atoms with van der Waals surface area (Å²) >= 11 is 0. The summed E-state index contributed by atoms with van der Waals surface area (Å²) in [5, 5.41) is 4.77. The molecule has 0 spiro atoms. The highest BCUT2D eigenvalue weighted by atomic mass is 31.1. The first-order valence-corrected chi connectivity index (χ1v) is 9.71. The van der Waals surface area contributed by atoms with Crippen molar-refractivity contribution in [1.29, 1.82) is 0 Å². The van der Waals surface area contributed by atoms with Gasteiger partial charge in [-0.1, -0.05) is 50.0 Å². The highest BCUT2D eigenvalue weighted by Gasteiger charge is 2.48. The summed E-state index contributed by atoms with van der Waals surface area (Å²) < 4.78 is 11.4. The summed E-state index contributed by atoms with van der Waals surface area (Å²) in [5.74, 6) is 1.45. The maximum Gasteiger partial charge on any atom is 0.229 e. The van der Waals surface area contributed by atoms with E-state index in [1.165, 1.54) is 0 Å². The van der Waals surface area contributed by atoms with E-state index in [1.54, 1.807) is 0 Å². The average molecular weight is 344 g/mol. The molecule has 1 N–H and O–H groups in total. The lowest BCUT2D eigenvalue weighted by Crippen LogP contribution is -2.25. The molecule has 1 aliphatic rings. The number of aromatic nitrogens is 2. The van der Waals surface area contributed by atoms with Crippen LogP contribution in [0.25, 0.3) is 11.0 Å². The summed E-state index contributed by atoms with van der Waals surface area (Å²) in [6.45, 7) is 4.05. The molecule has 1 aliphatic carbocycles. The van der Waals surface area contributed by atoms with Crippen LogP contribution in [-0.4, -0.2) is 15.0 Å². The normalized spacial score (nSPS) is 18.5. The molecule has 5 nitrogen and oxygen atoms in total. The van der Waals surface area contributed by atoms with Crippen LogP contribution >= 0.6 is 8.15 Å². The number of hydrogen-bond acceptors (Lipinski definition) is 5. The molecule has 1 unspecified atom stereocenters. The molecule has 1 fully saturated rings. The zero-order chi connectivity index (χ0) is 16.7. The molecule has 2 heterocycles. The van der Waals surface area contributed by atoms with Crippen LogP contribution in [0.5, 0.6) is 0 Å². The van der Waals surface area contributed by atoms with E-state index >= 15 is 0 Å². The Bertz CT molecular complexity index is 816. The molecule has 0 aliphatic heterocycles. The zero-order valence-corrected chi connectivity index (χ0v) is 14.8. The van der Waals surface area contributed by atoms with Crippen molar-refractivity contribution in [3.05, 3.63) is 42.0 Å². The summed E-state index contributed by atoms with van der Waals surface area (Å²) in [7, 11) is -1.54. The molecule has 1 aromatic carbocycles. The van der Waals surface area contributed by atoms with E-state index in [4.69, 9.17) is 8.94 Å². The van der Waals surface area contributed by atoms with Crippen molar-refractivity contribution in [2.75, 3.05) is 0 Å². The van der Waals surface area contributed by atoms with Crippen LogP contribution in [0, 0.1) is 0 Å². The summed E-state index contributed by atoms with van der Waals surface area (Å²) in [6.07, 6.45) is 3.85. The molecule has 0 amide bonds. The Labute approximate surface area is 141 Å². The van der Waals surface area contributed by atoms with Gasteiger partial charge in [0, 0.05) is 11.3 Å². The van der Waals surface area contributed by atoms with Gasteiger partial charge >= 0.3 is 0 Å². The lowest BCUT2D eigenvalue weighted by molar-refractivity contribution is 0.354. The summed E-state index contributed by atoms with van der Waals surface area (Å²) in [5.41, 5.74) is 1.45. The second kappa shape index (κ2) is 5.98. The predicted octanol–water partition coefficient (Wildman–Crippen LogP) is 4.42. The number of furan rings is 1. The SMILES string of the molecule is CC(C)c1nc(C2(P(O)c3cc4ccccc4o3)CCCC2)no1. The van der Waals surface area contributed by atoms with Crippen LogP contribution in [0.4, 0.5) is 0 Å². The Kier molecular flexibility index (Phi) is 3.93. The van der Waals surface area contributed by atoms with Crippen molar-refractivity contribution in [3.8, 4) is 0 Å². The molecule has 0 radical (unpaired) electrons. The number of nitrogens with zero attached hydrogens (tertiary/aromatic N) is 2. The second-order valence-corrected chi connectivity index (χ2v) is 8.70. The van der Waals surface area contributed by atoms with E-state index in [-0.39, 0.29) is 5.92 Å². The van der Waals surface area contributed by atoms with Gasteiger partial charge in [0.1, 0.15) is 13.7 Å². The molecular formula is C18H21N2O3P. The Balaban J connectivity index is 1.76. The molecule has 126 valence electrons. The standard InChI is InChI=1S/C18H21N2O3P/c1-12(2)16-19-17(20-23-16)18(9-5-6-10-18)24(21)15-11-13-7-3-4-8-14(13)22-15/h3-4,7-8,11-12,21H,5-6,9-10H2,1-2H3. The second-order valence-electron chi connectivity index (χ2n) is 6.78. The third-order valence-electron chi connectivity index (χ3n) is 4.81. The van der Waals surface area contributed by atoms with Crippen LogP contribution in [0.2, 0.25) is 0 Å². The number of rotatable bonds is 4. The van der Waals surface area contributed by atoms with Crippen molar-refractivity contribution < 1.29 is 13.8 Å². The van der Waals surface area contributed by atoms with Crippen molar-refractivity contribution in [3.63, 3.8) is 0 Å². The summed E-state index contributed by atoms with van der Waals surface area (Å²) in [6, 6.07) is 9.78. The molecule has 1 atom stereocenters. The minimum absolute atomic E-state index is 0.181. The molecule has 0 saturated heterocycles. The van der Waals surface area contributed by atoms with Gasteiger partial charge in [-0.15, -0.1) is 0 Å². The minimum Gasteiger partial charge on any atom is -0.454 e. The molecule has 1 saturated carbocycles. The third-order valence-corrected chi connectivity index (χ3v) is 6.91. The Morgan fingerprint density at radius 1 is 1.21 bits per heavy atom. The van der Waals surface area contributed by atoms with Gasteiger partial charge in [0.25, 0.3) is 0 Å². The fraction of sp³-hybridized carbons (Fsp3) is 0.444. The first-order chi connectivity index (χ1) is 11.6. The number of hydrogen-bond donors (Lipinski definition) is 1. The quantitative estimate of drug-likeness (QED) is 0.709. The van der Waals surface area contributed by atoms with Gasteiger partial charge in [-0.3, -0.25) is 0 Å². The van der Waals surface area contributed by atoms with E-state index in [0.717, 1.165) is 36.7 Å². The number of benzene rings is 1. The fourth-order valence-corrected chi connectivity index (χ4v) is 5.32. The van der Waals surface area contributed by atoms with Crippen LogP contribution < -0.4 is 5.50 Å². The van der Waals surface area contributed by atoms with E-state index in [2.05, 4.69) is 10.1 Å². The molecule has 6 heteroatoms. The molecule has 4 rings (SSSR count). The van der Waals surface area contributed by atoms with Gasteiger partial charge in [-0.05, 0) is 25.0 Å². The maximum absolute atomic E-state index is 11.2. The zero-order valence-electron chi connectivity index (χ0n) is 13.9. The van der Waals surface area contributed by atoms with Crippen molar-refractivity contribution in [2.24, 2.45) is 0 Å². The minimum atomic E-state index is -1.54. The molecule has 3 aromatic rings. The van der Waals surface area contributed by atoms with Gasteiger partial charge in [0.05, 0.1) is 5.16 Å². The smallest absolute Gasteiger partial charge is 0.229 e. The third kappa shape index (κ3) is 2.47. The largest absolute Gasteiger partial charge is 0.454 e. The van der Waals surface area contributed by atoms with Crippen molar-refractivity contribution >= 4 is 24.6 Å². The number of fused-ring (bicyclic) bond motifs is 1.